The standard InChI is InChI=1S/C41H50FN5O9/c1-21-12-23(3)32(28(14-21)54-25(5)48)39(7,8)16-30(50)52-19-41(11)35(27(18-53-41)47-20-44-34-36(43)45-38(42)46-37(34)47)56-31(51)17-40(9,10)33-24(4)13-22(2)15-29(33)55-26(6)49/h12-15,20,27,35H,16-19H2,1-11H3,(H2,43,45,46)/t27?,35-,41+/m0/s1. The summed E-state index contributed by atoms with van der Waals surface area (Å²) in [5.74, 6) is -1.64. The Bertz CT molecular complexity index is 2210. The lowest BCUT2D eigenvalue weighted by atomic mass is 9.78. The van der Waals surface area contributed by atoms with E-state index in [0.717, 1.165) is 22.3 Å². The Hall–Kier alpha value is -5.44. The minimum Gasteiger partial charge on any atom is -0.462 e. The highest BCUT2D eigenvalue weighted by Crippen LogP contribution is 2.42. The van der Waals surface area contributed by atoms with Crippen molar-refractivity contribution in [1.82, 2.24) is 19.5 Å². The van der Waals surface area contributed by atoms with Crippen LogP contribution >= 0.6 is 0 Å². The van der Waals surface area contributed by atoms with Crippen molar-refractivity contribution in [2.45, 2.75) is 118 Å². The molecule has 300 valence electrons. The number of benzene rings is 2. The molecule has 1 unspecified atom stereocenters. The van der Waals surface area contributed by atoms with Gasteiger partial charge in [-0.1, -0.05) is 39.8 Å². The molecule has 4 aromatic rings. The number of nitrogens with two attached hydrogens (primary N) is 1. The molecule has 3 heterocycles. The van der Waals surface area contributed by atoms with Gasteiger partial charge in [-0.15, -0.1) is 0 Å². The van der Waals surface area contributed by atoms with Gasteiger partial charge in [0.25, 0.3) is 0 Å². The van der Waals surface area contributed by atoms with E-state index < -0.39 is 58.5 Å². The van der Waals surface area contributed by atoms with Gasteiger partial charge in [0.05, 0.1) is 31.8 Å². The molecule has 1 aliphatic heterocycles. The third kappa shape index (κ3) is 8.83. The van der Waals surface area contributed by atoms with E-state index in [4.69, 9.17) is 29.4 Å². The van der Waals surface area contributed by atoms with Crippen LogP contribution in [-0.2, 0) is 44.2 Å². The first kappa shape index (κ1) is 41.7. The highest BCUT2D eigenvalue weighted by Gasteiger charge is 2.52. The zero-order valence-electron chi connectivity index (χ0n) is 33.8. The Labute approximate surface area is 325 Å². The number of aromatic nitrogens is 4. The maximum Gasteiger partial charge on any atom is 0.312 e. The molecular formula is C41H50FN5O9. The van der Waals surface area contributed by atoms with Crippen molar-refractivity contribution in [3.05, 3.63) is 70.1 Å². The summed E-state index contributed by atoms with van der Waals surface area (Å²) in [5, 5.41) is 0. The van der Waals surface area contributed by atoms with E-state index in [0.29, 0.717) is 22.6 Å². The Balaban J connectivity index is 1.44. The predicted molar refractivity (Wildman–Crippen MR) is 204 cm³/mol. The summed E-state index contributed by atoms with van der Waals surface area (Å²) in [7, 11) is 0. The Morgan fingerprint density at radius 3 is 1.91 bits per heavy atom. The summed E-state index contributed by atoms with van der Waals surface area (Å²) in [6.07, 6.45) is -1.02. The SMILES string of the molecule is CC(=O)Oc1cc(C)cc(C)c1C(C)(C)CC(=O)OC[C@@]1(C)OCC(n2cnc3c(N)nc(F)nc32)[C@@H]1OC(=O)CC(C)(C)c1c(C)cc(C)cc1OC(C)=O. The largest absolute Gasteiger partial charge is 0.462 e. The summed E-state index contributed by atoms with van der Waals surface area (Å²) >= 11 is 0. The van der Waals surface area contributed by atoms with Crippen molar-refractivity contribution in [2.75, 3.05) is 18.9 Å². The molecule has 2 aromatic heterocycles. The van der Waals surface area contributed by atoms with Crippen molar-refractivity contribution in [3.8, 4) is 11.5 Å². The number of hydrogen-bond acceptors (Lipinski definition) is 13. The summed E-state index contributed by atoms with van der Waals surface area (Å²) in [4.78, 5) is 63.4. The monoisotopic (exact) mass is 775 g/mol. The number of fused-ring (bicyclic) bond motifs is 1. The average Bonchev–Trinajstić information content (AvgIpc) is 3.58. The van der Waals surface area contributed by atoms with Crippen molar-refractivity contribution in [3.63, 3.8) is 0 Å². The van der Waals surface area contributed by atoms with Crippen LogP contribution in [0.5, 0.6) is 11.5 Å². The minimum absolute atomic E-state index is 0.0557. The molecule has 14 nitrogen and oxygen atoms in total. The van der Waals surface area contributed by atoms with E-state index in [-0.39, 0.29) is 43.0 Å². The number of anilines is 1. The second-order valence-corrected chi connectivity index (χ2v) is 16.2. The number of imidazole rings is 1. The van der Waals surface area contributed by atoms with E-state index in [2.05, 4.69) is 15.0 Å². The van der Waals surface area contributed by atoms with Crippen LogP contribution in [-0.4, -0.2) is 68.3 Å². The molecule has 0 aliphatic carbocycles. The number of esters is 4. The van der Waals surface area contributed by atoms with Gasteiger partial charge in [0.1, 0.15) is 29.2 Å². The van der Waals surface area contributed by atoms with Gasteiger partial charge in [0.15, 0.2) is 17.6 Å². The number of nitrogens with zero attached hydrogens (tertiary/aromatic N) is 4. The number of rotatable bonds is 12. The van der Waals surface area contributed by atoms with Crippen molar-refractivity contribution >= 4 is 40.9 Å². The van der Waals surface area contributed by atoms with Crippen LogP contribution in [0.3, 0.4) is 0 Å². The van der Waals surface area contributed by atoms with Crippen LogP contribution in [0.15, 0.2) is 30.6 Å². The van der Waals surface area contributed by atoms with Crippen molar-refractivity contribution in [1.29, 1.82) is 0 Å². The summed E-state index contributed by atoms with van der Waals surface area (Å²) < 4.78 is 45.5. The van der Waals surface area contributed by atoms with Gasteiger partial charge in [0, 0.05) is 35.8 Å². The molecule has 15 heteroatoms. The topological polar surface area (TPSA) is 184 Å². The molecule has 1 saturated heterocycles. The zero-order chi connectivity index (χ0) is 41.5. The number of aryl methyl sites for hydroxylation is 4. The van der Waals surface area contributed by atoms with Gasteiger partial charge in [0.2, 0.25) is 0 Å². The lowest BCUT2D eigenvalue weighted by molar-refractivity contribution is -0.171. The lowest BCUT2D eigenvalue weighted by Gasteiger charge is -2.34. The summed E-state index contributed by atoms with van der Waals surface area (Å²) in [5.41, 5.74) is 7.86. The number of hydrogen-bond donors (Lipinski definition) is 1. The average molecular weight is 776 g/mol. The molecule has 2 N–H and O–H groups in total. The Kier molecular flexibility index (Phi) is 11.6. The second kappa shape index (κ2) is 15.6. The highest BCUT2D eigenvalue weighted by molar-refractivity contribution is 5.81. The number of halogens is 1. The Morgan fingerprint density at radius 2 is 1.39 bits per heavy atom. The molecule has 0 radical (unpaired) electrons. The van der Waals surface area contributed by atoms with Gasteiger partial charge in [-0.3, -0.25) is 19.2 Å². The molecule has 56 heavy (non-hydrogen) atoms. The predicted octanol–water partition coefficient (Wildman–Crippen LogP) is 6.15. The summed E-state index contributed by atoms with van der Waals surface area (Å²) in [6.45, 7) is 18.8. The number of nitrogen functional groups attached to an aromatic ring is 1. The first-order chi connectivity index (χ1) is 26.0. The van der Waals surface area contributed by atoms with Crippen LogP contribution < -0.4 is 15.2 Å². The number of carbonyl (C=O) groups is 4. The van der Waals surface area contributed by atoms with E-state index in [1.54, 1.807) is 19.1 Å². The van der Waals surface area contributed by atoms with Crippen LogP contribution in [0.25, 0.3) is 11.2 Å². The molecule has 2 aromatic carbocycles. The van der Waals surface area contributed by atoms with Crippen LogP contribution in [0, 0.1) is 33.8 Å². The molecule has 0 bridgehead atoms. The van der Waals surface area contributed by atoms with E-state index >= 15 is 0 Å². The summed E-state index contributed by atoms with van der Waals surface area (Å²) in [6, 6.07) is 6.59. The van der Waals surface area contributed by atoms with Crippen molar-refractivity contribution < 1.29 is 47.3 Å². The van der Waals surface area contributed by atoms with Crippen LogP contribution in [0.1, 0.15) is 101 Å². The molecule has 3 atom stereocenters. The van der Waals surface area contributed by atoms with E-state index in [9.17, 15) is 23.6 Å². The molecule has 5 rings (SSSR count). The van der Waals surface area contributed by atoms with Crippen LogP contribution in [0.4, 0.5) is 10.2 Å². The minimum atomic E-state index is -1.40. The van der Waals surface area contributed by atoms with Gasteiger partial charge in [-0.05, 0) is 69.0 Å². The fourth-order valence-corrected chi connectivity index (χ4v) is 7.98. The van der Waals surface area contributed by atoms with Gasteiger partial charge in [-0.2, -0.15) is 14.4 Å². The van der Waals surface area contributed by atoms with Gasteiger partial charge >= 0.3 is 30.0 Å². The fourth-order valence-electron chi connectivity index (χ4n) is 7.98. The first-order valence-electron chi connectivity index (χ1n) is 18.3. The van der Waals surface area contributed by atoms with Gasteiger partial charge in [-0.25, -0.2) is 4.98 Å². The fraction of sp³-hybridized carbons (Fsp3) is 0.488. The molecule has 0 amide bonds. The molecular weight excluding hydrogens is 725 g/mol. The third-order valence-corrected chi connectivity index (χ3v) is 10.0. The maximum absolute atomic E-state index is 14.4. The zero-order valence-corrected chi connectivity index (χ0v) is 33.8. The highest BCUT2D eigenvalue weighted by atomic mass is 19.1. The lowest BCUT2D eigenvalue weighted by Crippen LogP contribution is -2.47. The maximum atomic E-state index is 14.4. The first-order valence-corrected chi connectivity index (χ1v) is 18.3. The smallest absolute Gasteiger partial charge is 0.312 e. The molecule has 1 fully saturated rings. The quantitative estimate of drug-likeness (QED) is 0.0983. The van der Waals surface area contributed by atoms with E-state index in [1.807, 2.05) is 67.5 Å². The number of carbonyl (C=O) groups excluding carboxylic acids is 4. The second-order valence-electron chi connectivity index (χ2n) is 16.2. The van der Waals surface area contributed by atoms with E-state index in [1.165, 1.54) is 24.7 Å². The molecule has 0 spiro atoms. The molecule has 1 aliphatic rings. The Morgan fingerprint density at radius 1 is 0.875 bits per heavy atom. The van der Waals surface area contributed by atoms with Crippen LogP contribution in [0.2, 0.25) is 0 Å². The van der Waals surface area contributed by atoms with Gasteiger partial charge < -0.3 is 34.0 Å². The van der Waals surface area contributed by atoms with Crippen molar-refractivity contribution in [2.24, 2.45) is 0 Å². The third-order valence-electron chi connectivity index (χ3n) is 10.0. The normalized spacial score (nSPS) is 18.5. The number of ether oxygens (including phenoxy) is 5. The molecule has 0 saturated carbocycles.